The second kappa shape index (κ2) is 7.38. The summed E-state index contributed by atoms with van der Waals surface area (Å²) < 4.78 is 4.94. The monoisotopic (exact) mass is 284 g/mol. The zero-order valence-corrected chi connectivity index (χ0v) is 12.7. The summed E-state index contributed by atoms with van der Waals surface area (Å²) >= 11 is 0. The van der Waals surface area contributed by atoms with Crippen LogP contribution in [0.3, 0.4) is 0 Å². The van der Waals surface area contributed by atoms with Gasteiger partial charge in [0.2, 0.25) is 0 Å². The first-order chi connectivity index (χ1) is 9.65. The summed E-state index contributed by atoms with van der Waals surface area (Å²) in [7, 11) is 1.47. The highest BCUT2D eigenvalue weighted by molar-refractivity contribution is 5.72. The highest BCUT2D eigenvalue weighted by atomic mass is 16.5. The van der Waals surface area contributed by atoms with Crippen molar-refractivity contribution in [3.05, 3.63) is 0 Å². The van der Waals surface area contributed by atoms with Gasteiger partial charge in [0.05, 0.1) is 13.0 Å². The Morgan fingerprint density at radius 2 is 2.20 bits per heavy atom. The minimum Gasteiger partial charge on any atom is -0.469 e. The number of piperidine rings is 1. The number of rotatable bonds is 6. The lowest BCUT2D eigenvalue weighted by atomic mass is 9.78. The van der Waals surface area contributed by atoms with Crippen LogP contribution < -0.4 is 5.32 Å². The van der Waals surface area contributed by atoms with Crippen molar-refractivity contribution >= 4 is 5.97 Å². The van der Waals surface area contributed by atoms with Gasteiger partial charge in [-0.15, -0.1) is 0 Å². The molecule has 0 aromatic heterocycles. The number of nitrogens with zero attached hydrogens (tertiary/aromatic N) is 1. The smallest absolute Gasteiger partial charge is 0.310 e. The van der Waals surface area contributed by atoms with Crippen molar-refractivity contribution in [2.45, 2.75) is 44.7 Å². The van der Waals surface area contributed by atoms with Gasteiger partial charge in [-0.1, -0.05) is 6.92 Å². The molecule has 0 bridgehead atoms. The Kier molecular flexibility index (Phi) is 5.81. The molecule has 5 nitrogen and oxygen atoms in total. The Hall–Kier alpha value is -0.650. The summed E-state index contributed by atoms with van der Waals surface area (Å²) in [6, 6.07) is 0.955. The van der Waals surface area contributed by atoms with Gasteiger partial charge in [0.15, 0.2) is 0 Å². The molecule has 2 fully saturated rings. The number of aliphatic hydroxyl groups is 1. The highest BCUT2D eigenvalue weighted by Gasteiger charge is 2.39. The number of carbonyl (C=O) groups excluding carboxylic acids is 1. The minimum absolute atomic E-state index is 0.0202. The Balaban J connectivity index is 1.93. The molecule has 1 saturated heterocycles. The van der Waals surface area contributed by atoms with E-state index in [9.17, 15) is 4.79 Å². The van der Waals surface area contributed by atoms with Gasteiger partial charge in [0, 0.05) is 31.8 Å². The minimum atomic E-state index is -0.0874. The van der Waals surface area contributed by atoms with Crippen LogP contribution in [0.4, 0.5) is 0 Å². The molecule has 0 aromatic rings. The fourth-order valence-corrected chi connectivity index (χ4v) is 3.47. The van der Waals surface area contributed by atoms with Crippen molar-refractivity contribution in [3.63, 3.8) is 0 Å². The molecule has 4 unspecified atom stereocenters. The average Bonchev–Trinajstić information content (AvgIpc) is 2.45. The Morgan fingerprint density at radius 1 is 1.40 bits per heavy atom. The average molecular weight is 284 g/mol. The molecule has 1 saturated carbocycles. The fourth-order valence-electron chi connectivity index (χ4n) is 3.47. The third kappa shape index (κ3) is 3.71. The van der Waals surface area contributed by atoms with Gasteiger partial charge in [-0.25, -0.2) is 0 Å². The second-order valence-corrected chi connectivity index (χ2v) is 6.26. The van der Waals surface area contributed by atoms with Gasteiger partial charge >= 0.3 is 5.97 Å². The van der Waals surface area contributed by atoms with Gasteiger partial charge in [0.1, 0.15) is 0 Å². The van der Waals surface area contributed by atoms with E-state index in [1.165, 1.54) is 20.0 Å². The number of esters is 1. The topological polar surface area (TPSA) is 61.8 Å². The summed E-state index contributed by atoms with van der Waals surface area (Å²) in [5, 5.41) is 12.3. The number of hydrogen-bond donors (Lipinski definition) is 2. The summed E-state index contributed by atoms with van der Waals surface area (Å²) in [5.74, 6) is 0.633. The predicted molar refractivity (Wildman–Crippen MR) is 77.4 cm³/mol. The van der Waals surface area contributed by atoms with Crippen molar-refractivity contribution < 1.29 is 14.6 Å². The molecule has 5 heteroatoms. The van der Waals surface area contributed by atoms with Gasteiger partial charge in [0.25, 0.3) is 0 Å². The zero-order valence-electron chi connectivity index (χ0n) is 12.7. The van der Waals surface area contributed by atoms with Crippen LogP contribution in [0.2, 0.25) is 0 Å². The first-order valence-corrected chi connectivity index (χ1v) is 7.81. The summed E-state index contributed by atoms with van der Waals surface area (Å²) in [5.41, 5.74) is 0. The molecule has 2 N–H and O–H groups in total. The maximum absolute atomic E-state index is 11.9. The fraction of sp³-hybridized carbons (Fsp3) is 0.933. The predicted octanol–water partition coefficient (Wildman–Crippen LogP) is 0.620. The zero-order chi connectivity index (χ0) is 14.5. The number of nitrogens with one attached hydrogen (secondary N) is 1. The third-order valence-corrected chi connectivity index (χ3v) is 4.82. The molecule has 0 amide bonds. The number of likely N-dealkylation sites (tertiary alicyclic amines) is 1. The van der Waals surface area contributed by atoms with Gasteiger partial charge in [-0.05, 0) is 38.1 Å². The van der Waals surface area contributed by atoms with Crippen molar-refractivity contribution in [1.82, 2.24) is 10.2 Å². The lowest BCUT2D eigenvalue weighted by Gasteiger charge is -2.48. The van der Waals surface area contributed by atoms with Crippen LogP contribution in [-0.4, -0.2) is 61.4 Å². The molecule has 4 atom stereocenters. The molecule has 1 heterocycles. The Labute approximate surface area is 121 Å². The molecule has 20 heavy (non-hydrogen) atoms. The molecule has 116 valence electrons. The van der Waals surface area contributed by atoms with E-state index < -0.39 is 0 Å². The highest BCUT2D eigenvalue weighted by Crippen LogP contribution is 2.34. The number of methoxy groups -OCH3 is 1. The van der Waals surface area contributed by atoms with Crippen LogP contribution >= 0.6 is 0 Å². The van der Waals surface area contributed by atoms with Gasteiger partial charge in [-0.2, -0.15) is 0 Å². The lowest BCUT2D eigenvalue weighted by molar-refractivity contribution is -0.148. The van der Waals surface area contributed by atoms with E-state index in [1.807, 2.05) is 0 Å². The molecule has 2 rings (SSSR count). The van der Waals surface area contributed by atoms with Crippen molar-refractivity contribution in [3.8, 4) is 0 Å². The number of ether oxygens (including phenoxy) is 1. The first kappa shape index (κ1) is 15.7. The molecule has 0 spiro atoms. The standard InChI is InChI=1S/C15H28N2O3/c1-11-4-5-14(11)17-9-12(15(19)20-2)8-13(10-17)16-6-3-7-18/h11-14,16,18H,3-10H2,1-2H3. The largest absolute Gasteiger partial charge is 0.469 e. The van der Waals surface area contributed by atoms with E-state index >= 15 is 0 Å². The Bertz CT molecular complexity index is 324. The van der Waals surface area contributed by atoms with E-state index in [-0.39, 0.29) is 18.5 Å². The molecule has 1 aliphatic carbocycles. The summed E-state index contributed by atoms with van der Waals surface area (Å²) in [6.45, 7) is 5.16. The number of hydrogen-bond acceptors (Lipinski definition) is 5. The Morgan fingerprint density at radius 3 is 2.75 bits per heavy atom. The lowest BCUT2D eigenvalue weighted by Crippen LogP contribution is -2.57. The third-order valence-electron chi connectivity index (χ3n) is 4.82. The van der Waals surface area contributed by atoms with E-state index in [4.69, 9.17) is 9.84 Å². The van der Waals surface area contributed by atoms with Crippen LogP contribution in [0.25, 0.3) is 0 Å². The van der Waals surface area contributed by atoms with E-state index in [0.29, 0.717) is 12.1 Å². The van der Waals surface area contributed by atoms with Crippen LogP contribution in [0.5, 0.6) is 0 Å². The van der Waals surface area contributed by atoms with Gasteiger partial charge < -0.3 is 15.2 Å². The van der Waals surface area contributed by atoms with Crippen molar-refractivity contribution in [1.29, 1.82) is 0 Å². The van der Waals surface area contributed by atoms with Crippen molar-refractivity contribution in [2.24, 2.45) is 11.8 Å². The molecular weight excluding hydrogens is 256 g/mol. The van der Waals surface area contributed by atoms with E-state index in [1.54, 1.807) is 0 Å². The van der Waals surface area contributed by atoms with Crippen LogP contribution in [0.1, 0.15) is 32.6 Å². The second-order valence-electron chi connectivity index (χ2n) is 6.26. The first-order valence-electron chi connectivity index (χ1n) is 7.81. The summed E-state index contributed by atoms with van der Waals surface area (Å²) in [6.07, 6.45) is 4.15. The summed E-state index contributed by atoms with van der Waals surface area (Å²) in [4.78, 5) is 14.3. The normalized spacial score (nSPS) is 34.5. The number of aliphatic hydroxyl groups excluding tert-OH is 1. The molecular formula is C15H28N2O3. The van der Waals surface area contributed by atoms with E-state index in [0.717, 1.165) is 38.4 Å². The van der Waals surface area contributed by atoms with Crippen LogP contribution in [0.15, 0.2) is 0 Å². The SMILES string of the molecule is COC(=O)C1CC(NCCCO)CN(C2CCC2C)C1. The van der Waals surface area contributed by atoms with Crippen LogP contribution in [-0.2, 0) is 9.53 Å². The molecule has 1 aliphatic heterocycles. The maximum Gasteiger partial charge on any atom is 0.310 e. The molecule has 2 aliphatic rings. The molecule has 0 aromatic carbocycles. The maximum atomic E-state index is 11.9. The van der Waals surface area contributed by atoms with E-state index in [2.05, 4.69) is 17.1 Å². The van der Waals surface area contributed by atoms with Gasteiger partial charge in [-0.3, -0.25) is 9.69 Å². The quantitative estimate of drug-likeness (QED) is 0.553. The van der Waals surface area contributed by atoms with Crippen LogP contribution in [0, 0.1) is 11.8 Å². The number of carbonyl (C=O) groups is 1. The molecule has 0 radical (unpaired) electrons. The van der Waals surface area contributed by atoms with Crippen molar-refractivity contribution in [2.75, 3.05) is 33.4 Å².